The Kier molecular flexibility index (Phi) is 4.32. The molecule has 0 atom stereocenters. The van der Waals surface area contributed by atoms with Gasteiger partial charge in [0.15, 0.2) is 0 Å². The maximum absolute atomic E-state index is 5.41. The summed E-state index contributed by atoms with van der Waals surface area (Å²) in [7, 11) is 13.5. The predicted molar refractivity (Wildman–Crippen MR) is 53.3 cm³/mol. The Morgan fingerprint density at radius 3 is 1.54 bits per heavy atom. The molecule has 0 heterocycles. The Balaban J connectivity index is 4.58. The largest absolute Gasteiger partial charge is 0.336 e. The lowest BCUT2D eigenvalue weighted by Crippen LogP contribution is -2.59. The highest BCUT2D eigenvalue weighted by Gasteiger charge is 2.38. The van der Waals surface area contributed by atoms with Crippen LogP contribution < -0.4 is 0 Å². The fraction of sp³-hybridized carbons (Fsp3) is 1.00. The average molecular weight is 191 g/mol. The molecule has 0 aromatic rings. The molecule has 0 radical (unpaired) electrons. The van der Waals surface area contributed by atoms with Gasteiger partial charge in [-0.25, -0.2) is 0 Å². The number of likely N-dealkylation sites (N-methyl/N-ethyl adjacent to an activating group) is 2. The van der Waals surface area contributed by atoms with Crippen molar-refractivity contribution >= 4 is 0 Å². The van der Waals surface area contributed by atoms with E-state index in [-0.39, 0.29) is 0 Å². The minimum absolute atomic E-state index is 0.627. The van der Waals surface area contributed by atoms with Gasteiger partial charge in [-0.2, -0.15) is 0 Å². The Labute approximate surface area is 81.6 Å². The molecule has 0 aromatic heterocycles. The van der Waals surface area contributed by atoms with Gasteiger partial charge in [0.05, 0.1) is 21.1 Å². The minimum atomic E-state index is -0.627. The molecule has 0 aliphatic rings. The molecule has 0 saturated heterocycles. The van der Waals surface area contributed by atoms with Gasteiger partial charge in [0.2, 0.25) is 0 Å². The van der Waals surface area contributed by atoms with Crippen LogP contribution in [0.1, 0.15) is 0 Å². The number of hydrogen-bond acceptors (Lipinski definition) is 3. The molecular weight excluding hydrogens is 168 g/mol. The van der Waals surface area contributed by atoms with Crippen LogP contribution in [-0.4, -0.2) is 71.3 Å². The van der Waals surface area contributed by atoms with Crippen molar-refractivity contribution in [2.24, 2.45) is 0 Å². The summed E-state index contributed by atoms with van der Waals surface area (Å²) in [5.41, 5.74) is 0. The van der Waals surface area contributed by atoms with Gasteiger partial charge in [-0.1, -0.05) is 0 Å². The van der Waals surface area contributed by atoms with Gasteiger partial charge in [0.1, 0.15) is 6.54 Å². The lowest BCUT2D eigenvalue weighted by atomic mass is 10.3. The van der Waals surface area contributed by atoms with Crippen molar-refractivity contribution in [2.75, 3.05) is 56.0 Å². The van der Waals surface area contributed by atoms with Crippen molar-refractivity contribution in [1.82, 2.24) is 4.90 Å². The molecule has 0 unspecified atom stereocenters. The smallest absolute Gasteiger partial charge is 0.281 e. The predicted octanol–water partition coefficient (Wildman–Crippen LogP) is 0.201. The highest BCUT2D eigenvalue weighted by molar-refractivity contribution is 4.64. The number of methoxy groups -OCH3 is 2. The van der Waals surface area contributed by atoms with Crippen LogP contribution >= 0.6 is 0 Å². The molecule has 0 rings (SSSR count). The summed E-state index contributed by atoms with van der Waals surface area (Å²) in [6.07, 6.45) is 0. The summed E-state index contributed by atoms with van der Waals surface area (Å²) in [5, 5.41) is 0. The fourth-order valence-electron chi connectivity index (χ4n) is 1.32. The number of hydrogen-bond donors (Lipinski definition) is 0. The Morgan fingerprint density at radius 2 is 1.46 bits per heavy atom. The van der Waals surface area contributed by atoms with E-state index in [2.05, 4.69) is 21.1 Å². The van der Waals surface area contributed by atoms with Crippen molar-refractivity contribution in [1.29, 1.82) is 0 Å². The molecule has 0 fully saturated rings. The van der Waals surface area contributed by atoms with E-state index in [0.29, 0.717) is 0 Å². The van der Waals surface area contributed by atoms with Gasteiger partial charge in [0, 0.05) is 14.2 Å². The Morgan fingerprint density at radius 1 is 1.08 bits per heavy atom. The van der Waals surface area contributed by atoms with Crippen LogP contribution in [-0.2, 0) is 9.47 Å². The van der Waals surface area contributed by atoms with Crippen LogP contribution in [0.25, 0.3) is 0 Å². The Hall–Kier alpha value is -0.160. The van der Waals surface area contributed by atoms with Crippen LogP contribution in [0.3, 0.4) is 0 Å². The van der Waals surface area contributed by atoms with Crippen molar-refractivity contribution in [2.45, 2.75) is 5.91 Å². The van der Waals surface area contributed by atoms with E-state index in [0.717, 1.165) is 11.0 Å². The van der Waals surface area contributed by atoms with Gasteiger partial charge in [-0.15, -0.1) is 0 Å². The summed E-state index contributed by atoms with van der Waals surface area (Å²) in [6.45, 7) is 0.771. The first-order valence-corrected chi connectivity index (χ1v) is 4.35. The first-order chi connectivity index (χ1) is 5.77. The van der Waals surface area contributed by atoms with E-state index in [1.807, 2.05) is 19.0 Å². The van der Waals surface area contributed by atoms with E-state index in [1.54, 1.807) is 14.2 Å². The second-order valence-electron chi connectivity index (χ2n) is 4.46. The molecule has 4 heteroatoms. The summed E-state index contributed by atoms with van der Waals surface area (Å²) >= 11 is 0. The van der Waals surface area contributed by atoms with Crippen LogP contribution in [0.15, 0.2) is 0 Å². The molecule has 0 aliphatic heterocycles. The van der Waals surface area contributed by atoms with Crippen LogP contribution in [0, 0.1) is 0 Å². The van der Waals surface area contributed by atoms with Gasteiger partial charge >= 0.3 is 0 Å². The molecule has 80 valence electrons. The van der Waals surface area contributed by atoms with Crippen molar-refractivity contribution < 1.29 is 14.0 Å². The molecule has 0 aliphatic carbocycles. The zero-order valence-electron chi connectivity index (χ0n) is 9.92. The SMILES string of the molecule is COC(C[N+](C)(C)C)(OC)N(C)C. The lowest BCUT2D eigenvalue weighted by Gasteiger charge is -2.40. The number of ether oxygens (including phenoxy) is 2. The highest BCUT2D eigenvalue weighted by atomic mass is 16.7. The standard InChI is InChI=1S/C9H23N2O2/c1-10(2)9(12-6,13-7)8-11(3,4)5/h8H2,1-7H3/q+1. The number of quaternary nitrogens is 1. The Bertz CT molecular complexity index is 148. The quantitative estimate of drug-likeness (QED) is 0.458. The summed E-state index contributed by atoms with van der Waals surface area (Å²) in [6, 6.07) is 0. The molecule has 0 N–H and O–H groups in total. The molecule has 0 amide bonds. The summed E-state index contributed by atoms with van der Waals surface area (Å²) in [4.78, 5) is 1.94. The van der Waals surface area contributed by atoms with Gasteiger partial charge < -0.3 is 14.0 Å². The fourth-order valence-corrected chi connectivity index (χ4v) is 1.32. The number of rotatable bonds is 5. The monoisotopic (exact) mass is 191 g/mol. The van der Waals surface area contributed by atoms with E-state index >= 15 is 0 Å². The van der Waals surface area contributed by atoms with E-state index in [4.69, 9.17) is 9.47 Å². The van der Waals surface area contributed by atoms with Crippen LogP contribution in [0.4, 0.5) is 0 Å². The second kappa shape index (κ2) is 4.37. The first-order valence-electron chi connectivity index (χ1n) is 4.35. The second-order valence-corrected chi connectivity index (χ2v) is 4.46. The van der Waals surface area contributed by atoms with E-state index in [9.17, 15) is 0 Å². The topological polar surface area (TPSA) is 21.7 Å². The summed E-state index contributed by atoms with van der Waals surface area (Å²) < 4.78 is 11.6. The zero-order chi connectivity index (χ0) is 10.7. The zero-order valence-corrected chi connectivity index (χ0v) is 9.92. The van der Waals surface area contributed by atoms with Gasteiger partial charge in [-0.3, -0.25) is 4.90 Å². The molecule has 0 saturated carbocycles. The molecule has 4 nitrogen and oxygen atoms in total. The molecule has 0 bridgehead atoms. The van der Waals surface area contributed by atoms with Crippen molar-refractivity contribution in [3.63, 3.8) is 0 Å². The minimum Gasteiger partial charge on any atom is -0.336 e. The molecule has 0 spiro atoms. The van der Waals surface area contributed by atoms with Gasteiger partial charge in [0.25, 0.3) is 5.91 Å². The lowest BCUT2D eigenvalue weighted by molar-refractivity contribution is -0.883. The van der Waals surface area contributed by atoms with Crippen molar-refractivity contribution in [3.05, 3.63) is 0 Å². The van der Waals surface area contributed by atoms with Crippen molar-refractivity contribution in [3.8, 4) is 0 Å². The van der Waals surface area contributed by atoms with Crippen LogP contribution in [0.5, 0.6) is 0 Å². The summed E-state index contributed by atoms with van der Waals surface area (Å²) in [5.74, 6) is -0.627. The maximum atomic E-state index is 5.41. The first kappa shape index (κ1) is 12.8. The molecule has 0 aromatic carbocycles. The third-order valence-corrected chi connectivity index (χ3v) is 1.99. The average Bonchev–Trinajstić information content (AvgIpc) is 1.98. The maximum Gasteiger partial charge on any atom is 0.281 e. The van der Waals surface area contributed by atoms with Crippen LogP contribution in [0.2, 0.25) is 0 Å². The normalized spacial score (nSPS) is 13.8. The molecule has 13 heavy (non-hydrogen) atoms. The molecular formula is C9H23N2O2+. The van der Waals surface area contributed by atoms with E-state index < -0.39 is 5.91 Å². The number of nitrogens with zero attached hydrogens (tertiary/aromatic N) is 2. The van der Waals surface area contributed by atoms with E-state index in [1.165, 1.54) is 0 Å². The third kappa shape index (κ3) is 3.60. The third-order valence-electron chi connectivity index (χ3n) is 1.99. The highest BCUT2D eigenvalue weighted by Crippen LogP contribution is 2.17. The van der Waals surface area contributed by atoms with Gasteiger partial charge in [-0.05, 0) is 14.1 Å².